The molecule has 1 fully saturated rings. The normalized spacial score (nSPS) is 26.8. The number of fused-ring (bicyclic) bond motifs is 3. The predicted molar refractivity (Wildman–Crippen MR) is 90.5 cm³/mol. The molecule has 4 rings (SSSR count). The Kier molecular flexibility index (Phi) is 3.66. The summed E-state index contributed by atoms with van der Waals surface area (Å²) in [4.78, 5) is 13.1. The van der Waals surface area contributed by atoms with Gasteiger partial charge in [-0.2, -0.15) is 0 Å². The van der Waals surface area contributed by atoms with Crippen LogP contribution < -0.4 is 15.3 Å². The van der Waals surface area contributed by atoms with E-state index in [-0.39, 0.29) is 11.7 Å². The van der Waals surface area contributed by atoms with Crippen LogP contribution >= 0.6 is 0 Å². The van der Waals surface area contributed by atoms with Crippen LogP contribution in [0.25, 0.3) is 11.0 Å². The van der Waals surface area contributed by atoms with Crippen LogP contribution in [0.3, 0.4) is 0 Å². The van der Waals surface area contributed by atoms with Crippen LogP contribution in [0.2, 0.25) is 0 Å². The number of quaternary nitrogens is 1. The Labute approximate surface area is 140 Å². The number of rotatable bonds is 1. The van der Waals surface area contributed by atoms with Crippen LogP contribution in [0.4, 0.5) is 0 Å². The zero-order valence-electron chi connectivity index (χ0n) is 14.2. The number of hydrogen-bond donors (Lipinski definition) is 2. The molecule has 0 saturated carbocycles. The first-order chi connectivity index (χ1) is 11.5. The Bertz CT molecular complexity index is 820. The zero-order chi connectivity index (χ0) is 16.9. The first-order valence-corrected chi connectivity index (χ1v) is 8.76. The molecule has 2 N–H and O–H groups in total. The van der Waals surface area contributed by atoms with Crippen LogP contribution in [-0.2, 0) is 0 Å². The van der Waals surface area contributed by atoms with E-state index < -0.39 is 11.7 Å². The number of hydrogen-bond acceptors (Lipinski definition) is 4. The van der Waals surface area contributed by atoms with Gasteiger partial charge in [0.2, 0.25) is 0 Å². The second-order valence-corrected chi connectivity index (χ2v) is 7.50. The first-order valence-electron chi connectivity index (χ1n) is 8.76. The van der Waals surface area contributed by atoms with Gasteiger partial charge in [0.25, 0.3) is 0 Å². The maximum absolute atomic E-state index is 11.8. The van der Waals surface area contributed by atoms with Crippen molar-refractivity contribution in [2.45, 2.75) is 50.9 Å². The van der Waals surface area contributed by atoms with Crippen molar-refractivity contribution in [1.82, 2.24) is 0 Å². The predicted octanol–water partition coefficient (Wildman–Crippen LogP) is 1.43. The van der Waals surface area contributed by atoms with Gasteiger partial charge in [0, 0.05) is 11.5 Å². The van der Waals surface area contributed by atoms with Crippen molar-refractivity contribution in [3.8, 4) is 5.75 Å². The minimum absolute atomic E-state index is 0.140. The first kappa shape index (κ1) is 15.7. The fraction of sp³-hybridized carbons (Fsp3) is 0.526. The molecule has 24 heavy (non-hydrogen) atoms. The number of piperidine rings is 1. The van der Waals surface area contributed by atoms with Crippen LogP contribution in [0, 0.1) is 0 Å². The van der Waals surface area contributed by atoms with Gasteiger partial charge < -0.3 is 19.2 Å². The van der Waals surface area contributed by atoms with Gasteiger partial charge in [-0.15, -0.1) is 0 Å². The highest BCUT2D eigenvalue weighted by atomic mass is 16.5. The van der Waals surface area contributed by atoms with E-state index in [1.165, 1.54) is 17.4 Å². The van der Waals surface area contributed by atoms with E-state index >= 15 is 0 Å². The van der Waals surface area contributed by atoms with Gasteiger partial charge in [0.05, 0.1) is 18.7 Å². The summed E-state index contributed by atoms with van der Waals surface area (Å²) in [6.07, 6.45) is 2.89. The molecular formula is C19H24NO4+. The topological polar surface area (TPSA) is 64.1 Å². The molecule has 0 spiro atoms. The largest absolute Gasteiger partial charge is 0.484 e. The maximum Gasteiger partial charge on any atom is 0.336 e. The van der Waals surface area contributed by atoms with E-state index in [1.807, 2.05) is 26.0 Å². The summed E-state index contributed by atoms with van der Waals surface area (Å²) in [5.74, 6) is 0.718. The van der Waals surface area contributed by atoms with Crippen LogP contribution in [0.1, 0.15) is 44.7 Å². The molecule has 3 heterocycles. The molecule has 0 bridgehead atoms. The van der Waals surface area contributed by atoms with Crippen LogP contribution in [0.15, 0.2) is 33.5 Å². The van der Waals surface area contributed by atoms with Crippen molar-refractivity contribution in [2.75, 3.05) is 13.1 Å². The Morgan fingerprint density at radius 2 is 1.83 bits per heavy atom. The van der Waals surface area contributed by atoms with Crippen molar-refractivity contribution in [3.63, 3.8) is 0 Å². The number of aliphatic hydroxyl groups is 1. The minimum Gasteiger partial charge on any atom is -0.484 e. The van der Waals surface area contributed by atoms with E-state index in [0.29, 0.717) is 5.58 Å². The molecule has 2 aliphatic rings. The second-order valence-electron chi connectivity index (χ2n) is 7.50. The van der Waals surface area contributed by atoms with E-state index in [2.05, 4.69) is 0 Å². The summed E-state index contributed by atoms with van der Waals surface area (Å²) in [6.45, 7) is 5.88. The molecule has 2 atom stereocenters. The monoisotopic (exact) mass is 330 g/mol. The molecule has 5 heteroatoms. The lowest BCUT2D eigenvalue weighted by atomic mass is 9.84. The lowest BCUT2D eigenvalue weighted by Crippen LogP contribution is -3.14. The van der Waals surface area contributed by atoms with Gasteiger partial charge in [0.15, 0.2) is 11.6 Å². The third kappa shape index (κ3) is 2.43. The number of nitrogens with one attached hydrogen (secondary N) is 1. The molecule has 0 amide bonds. The average Bonchev–Trinajstić information content (AvgIpc) is 2.56. The smallest absolute Gasteiger partial charge is 0.336 e. The van der Waals surface area contributed by atoms with Crippen molar-refractivity contribution >= 4 is 11.0 Å². The van der Waals surface area contributed by atoms with Gasteiger partial charge in [-0.05, 0) is 51.3 Å². The average molecular weight is 330 g/mol. The molecule has 2 aliphatic heterocycles. The molecule has 0 aliphatic carbocycles. The molecule has 5 nitrogen and oxygen atoms in total. The lowest BCUT2D eigenvalue weighted by Gasteiger charge is -2.45. The highest BCUT2D eigenvalue weighted by molar-refractivity contribution is 5.82. The van der Waals surface area contributed by atoms with E-state index in [9.17, 15) is 9.90 Å². The van der Waals surface area contributed by atoms with E-state index in [0.717, 1.165) is 42.6 Å². The molecule has 1 saturated heterocycles. The Morgan fingerprint density at radius 3 is 2.58 bits per heavy atom. The third-order valence-electron chi connectivity index (χ3n) is 5.44. The Hall–Kier alpha value is -1.85. The summed E-state index contributed by atoms with van der Waals surface area (Å²) in [6, 6.07) is 6.91. The van der Waals surface area contributed by atoms with Gasteiger partial charge >= 0.3 is 5.63 Å². The number of aliphatic hydroxyl groups excluding tert-OH is 1. The van der Waals surface area contributed by atoms with Crippen molar-refractivity contribution in [1.29, 1.82) is 0 Å². The summed E-state index contributed by atoms with van der Waals surface area (Å²) in [5.41, 5.74) is 0.347. The summed E-state index contributed by atoms with van der Waals surface area (Å²) >= 11 is 0. The SMILES string of the molecule is CC1(C)Oc2ccc3ccc(=O)oc3c2[C@@H]([NH+]2CCCCC2)[C@@H]1O. The Morgan fingerprint density at radius 1 is 1.12 bits per heavy atom. The van der Waals surface area contributed by atoms with Crippen molar-refractivity contribution < 1.29 is 19.2 Å². The fourth-order valence-corrected chi connectivity index (χ4v) is 4.17. The standard InChI is InChI=1S/C19H23NO4/c1-19(2)18(22)16(20-10-4-3-5-11-20)15-13(24-19)8-6-12-7-9-14(21)23-17(12)15/h6-9,16,18,22H,3-5,10-11H2,1-2H3/p+1/t16-,18+/m1/s1. The molecule has 1 aromatic heterocycles. The molecule has 0 radical (unpaired) electrons. The molecule has 2 aromatic rings. The number of ether oxygens (including phenoxy) is 1. The third-order valence-corrected chi connectivity index (χ3v) is 5.44. The summed E-state index contributed by atoms with van der Waals surface area (Å²) in [5, 5.41) is 11.9. The summed E-state index contributed by atoms with van der Waals surface area (Å²) in [7, 11) is 0. The second kappa shape index (κ2) is 5.60. The Balaban J connectivity index is 1.95. The van der Waals surface area contributed by atoms with E-state index in [4.69, 9.17) is 9.15 Å². The maximum atomic E-state index is 11.8. The van der Waals surface area contributed by atoms with Gasteiger partial charge in [0.1, 0.15) is 17.5 Å². The molecular weight excluding hydrogens is 306 g/mol. The summed E-state index contributed by atoms with van der Waals surface area (Å²) < 4.78 is 11.6. The van der Waals surface area contributed by atoms with Gasteiger partial charge in [-0.25, -0.2) is 4.79 Å². The van der Waals surface area contributed by atoms with Crippen molar-refractivity contribution in [2.24, 2.45) is 0 Å². The fourth-order valence-electron chi connectivity index (χ4n) is 4.17. The molecule has 1 aromatic carbocycles. The quantitative estimate of drug-likeness (QED) is 0.777. The molecule has 128 valence electrons. The highest BCUT2D eigenvalue weighted by Crippen LogP contribution is 2.42. The van der Waals surface area contributed by atoms with E-state index in [1.54, 1.807) is 6.07 Å². The number of benzene rings is 1. The van der Waals surface area contributed by atoms with Crippen molar-refractivity contribution in [3.05, 3.63) is 40.2 Å². The van der Waals surface area contributed by atoms with Gasteiger partial charge in [-0.3, -0.25) is 0 Å². The zero-order valence-corrected chi connectivity index (χ0v) is 14.2. The van der Waals surface area contributed by atoms with Crippen LogP contribution in [0.5, 0.6) is 5.75 Å². The van der Waals surface area contributed by atoms with Crippen LogP contribution in [-0.4, -0.2) is 29.9 Å². The lowest BCUT2D eigenvalue weighted by molar-refractivity contribution is -0.941. The minimum atomic E-state index is -0.676. The highest BCUT2D eigenvalue weighted by Gasteiger charge is 2.49. The number of likely N-dealkylation sites (tertiary alicyclic amines) is 1. The molecule has 0 unspecified atom stereocenters. The van der Waals surface area contributed by atoms with Gasteiger partial charge in [-0.1, -0.05) is 0 Å².